The molecule has 0 bridgehead atoms. The van der Waals surface area contributed by atoms with E-state index >= 15 is 0 Å². The van der Waals surface area contributed by atoms with E-state index in [4.69, 9.17) is 9.26 Å². The highest BCUT2D eigenvalue weighted by molar-refractivity contribution is 5.94. The van der Waals surface area contributed by atoms with Gasteiger partial charge < -0.3 is 14.2 Å². The van der Waals surface area contributed by atoms with Crippen molar-refractivity contribution in [3.05, 3.63) is 71.1 Å². The topological polar surface area (TPSA) is 81.4 Å². The average molecular weight is 392 g/mol. The first kappa shape index (κ1) is 19.1. The van der Waals surface area contributed by atoms with E-state index in [9.17, 15) is 4.79 Å². The van der Waals surface area contributed by atoms with E-state index in [1.807, 2.05) is 55.1 Å². The number of pyridine rings is 1. The lowest BCUT2D eigenvalue weighted by Crippen LogP contribution is -2.28. The molecule has 0 radical (unpaired) electrons. The molecule has 0 saturated carbocycles. The van der Waals surface area contributed by atoms with Crippen molar-refractivity contribution in [3.8, 4) is 5.75 Å². The molecule has 1 fully saturated rings. The van der Waals surface area contributed by atoms with E-state index in [1.54, 1.807) is 6.20 Å². The van der Waals surface area contributed by atoms with Crippen LogP contribution >= 0.6 is 0 Å². The number of carbonyl (C=O) groups excluding carboxylic acids is 1. The van der Waals surface area contributed by atoms with Crippen LogP contribution in [0.2, 0.25) is 0 Å². The van der Waals surface area contributed by atoms with E-state index < -0.39 is 0 Å². The molecule has 1 aliphatic heterocycles. The zero-order valence-corrected chi connectivity index (χ0v) is 16.7. The minimum absolute atomic E-state index is 0.00806. The van der Waals surface area contributed by atoms with Crippen molar-refractivity contribution >= 4 is 5.91 Å². The number of amides is 1. The highest BCUT2D eigenvalue weighted by Crippen LogP contribution is 2.27. The average Bonchev–Trinajstić information content (AvgIpc) is 3.38. The van der Waals surface area contributed by atoms with E-state index in [0.717, 1.165) is 23.4 Å². The first-order valence-electron chi connectivity index (χ1n) is 9.82. The van der Waals surface area contributed by atoms with Gasteiger partial charge in [-0.3, -0.25) is 9.78 Å². The number of aryl methyl sites for hydroxylation is 2. The van der Waals surface area contributed by atoms with Crippen LogP contribution in [-0.4, -0.2) is 45.6 Å². The number of ether oxygens (including phenoxy) is 1. The number of nitrogens with zero attached hydrogens (tertiary/aromatic N) is 4. The van der Waals surface area contributed by atoms with Crippen LogP contribution in [0.5, 0.6) is 5.75 Å². The summed E-state index contributed by atoms with van der Waals surface area (Å²) >= 11 is 0. The van der Waals surface area contributed by atoms with Gasteiger partial charge in [0.1, 0.15) is 5.75 Å². The molecule has 29 heavy (non-hydrogen) atoms. The molecule has 1 saturated heterocycles. The lowest BCUT2D eigenvalue weighted by molar-refractivity contribution is 0.0789. The molecular weight excluding hydrogens is 368 g/mol. The van der Waals surface area contributed by atoms with Crippen molar-refractivity contribution in [2.45, 2.75) is 32.6 Å². The molecule has 3 heterocycles. The number of benzene rings is 1. The number of carbonyl (C=O) groups is 1. The number of hydrogen-bond acceptors (Lipinski definition) is 6. The molecule has 1 unspecified atom stereocenters. The monoisotopic (exact) mass is 392 g/mol. The molecule has 3 aromatic rings. The van der Waals surface area contributed by atoms with Gasteiger partial charge in [0.15, 0.2) is 5.82 Å². The fraction of sp³-hybridized carbons (Fsp3) is 0.364. The minimum atomic E-state index is -0.00806. The molecule has 150 valence electrons. The molecule has 1 aliphatic rings. The quantitative estimate of drug-likeness (QED) is 0.640. The second-order valence-electron chi connectivity index (χ2n) is 7.39. The zero-order valence-electron chi connectivity index (χ0n) is 16.7. The summed E-state index contributed by atoms with van der Waals surface area (Å²) in [5.41, 5.74) is 2.66. The number of likely N-dealkylation sites (tertiary alicyclic amines) is 1. The van der Waals surface area contributed by atoms with E-state index in [-0.39, 0.29) is 11.8 Å². The van der Waals surface area contributed by atoms with Crippen molar-refractivity contribution in [3.63, 3.8) is 0 Å². The van der Waals surface area contributed by atoms with Crippen LogP contribution in [0.1, 0.15) is 45.7 Å². The Balaban J connectivity index is 1.30. The summed E-state index contributed by atoms with van der Waals surface area (Å²) in [7, 11) is 0. The predicted molar refractivity (Wildman–Crippen MR) is 107 cm³/mol. The summed E-state index contributed by atoms with van der Waals surface area (Å²) in [5, 5.41) is 4.07. The second kappa shape index (κ2) is 8.43. The minimum Gasteiger partial charge on any atom is -0.493 e. The van der Waals surface area contributed by atoms with Crippen molar-refractivity contribution in [1.82, 2.24) is 20.0 Å². The Hall–Kier alpha value is -3.22. The maximum absolute atomic E-state index is 12.6. The van der Waals surface area contributed by atoms with Crippen LogP contribution in [0.25, 0.3) is 0 Å². The number of hydrogen-bond donors (Lipinski definition) is 0. The zero-order chi connectivity index (χ0) is 20.2. The van der Waals surface area contributed by atoms with Crippen molar-refractivity contribution in [2.75, 3.05) is 19.7 Å². The summed E-state index contributed by atoms with van der Waals surface area (Å²) in [6, 6.07) is 11.6. The fourth-order valence-corrected chi connectivity index (χ4v) is 3.42. The molecule has 0 aliphatic carbocycles. The molecule has 2 aromatic heterocycles. The van der Waals surface area contributed by atoms with Gasteiger partial charge >= 0.3 is 0 Å². The lowest BCUT2D eigenvalue weighted by Gasteiger charge is -2.15. The Morgan fingerprint density at radius 2 is 2.17 bits per heavy atom. The summed E-state index contributed by atoms with van der Waals surface area (Å²) in [6.45, 7) is 5.67. The Morgan fingerprint density at radius 1 is 1.28 bits per heavy atom. The molecule has 7 heteroatoms. The van der Waals surface area contributed by atoms with Crippen molar-refractivity contribution < 1.29 is 14.1 Å². The third-order valence-corrected chi connectivity index (χ3v) is 5.05. The number of rotatable bonds is 6. The molecule has 7 nitrogen and oxygen atoms in total. The first-order chi connectivity index (χ1) is 14.1. The predicted octanol–water partition coefficient (Wildman–Crippen LogP) is 3.33. The Kier molecular flexibility index (Phi) is 5.55. The Morgan fingerprint density at radius 3 is 2.97 bits per heavy atom. The third-order valence-electron chi connectivity index (χ3n) is 5.05. The molecule has 4 rings (SSSR count). The van der Waals surface area contributed by atoms with E-state index in [0.29, 0.717) is 43.4 Å². The van der Waals surface area contributed by atoms with E-state index in [1.165, 1.54) is 0 Å². The van der Waals surface area contributed by atoms with E-state index in [2.05, 4.69) is 15.1 Å². The van der Waals surface area contributed by atoms with Gasteiger partial charge in [0.2, 0.25) is 5.89 Å². The summed E-state index contributed by atoms with van der Waals surface area (Å²) in [6.07, 6.45) is 3.01. The maximum atomic E-state index is 12.6. The Bertz CT molecular complexity index is 984. The van der Waals surface area contributed by atoms with Crippen molar-refractivity contribution in [1.29, 1.82) is 0 Å². The molecule has 0 N–H and O–H groups in total. The van der Waals surface area contributed by atoms with Gasteiger partial charge in [-0.2, -0.15) is 4.98 Å². The van der Waals surface area contributed by atoms with Gasteiger partial charge in [-0.1, -0.05) is 17.3 Å². The van der Waals surface area contributed by atoms with Crippen LogP contribution in [0.3, 0.4) is 0 Å². The van der Waals surface area contributed by atoms with Gasteiger partial charge in [-0.15, -0.1) is 0 Å². The first-order valence-corrected chi connectivity index (χ1v) is 9.82. The SMILES string of the molecule is Cc1cccc(OCCc2noc(C3CCN(C(=O)c4ccc(C)nc4)C3)n2)c1. The fourth-order valence-electron chi connectivity index (χ4n) is 3.42. The number of aromatic nitrogens is 3. The molecular formula is C22H24N4O3. The van der Waals surface area contributed by atoms with Crippen LogP contribution in [-0.2, 0) is 6.42 Å². The molecule has 1 amide bonds. The van der Waals surface area contributed by atoms with Crippen LogP contribution in [0, 0.1) is 13.8 Å². The largest absolute Gasteiger partial charge is 0.493 e. The lowest BCUT2D eigenvalue weighted by atomic mass is 10.1. The summed E-state index contributed by atoms with van der Waals surface area (Å²) in [4.78, 5) is 23.2. The molecule has 1 aromatic carbocycles. The van der Waals surface area contributed by atoms with Crippen LogP contribution < -0.4 is 4.74 Å². The standard InChI is InChI=1S/C22H24N4O3/c1-15-4-3-5-19(12-15)28-11-9-20-24-21(29-25-20)18-8-10-26(14-18)22(27)17-7-6-16(2)23-13-17/h3-7,12-13,18H,8-11,14H2,1-2H3. The normalized spacial score (nSPS) is 16.2. The van der Waals surface area contributed by atoms with Crippen LogP contribution in [0.15, 0.2) is 47.1 Å². The maximum Gasteiger partial charge on any atom is 0.255 e. The van der Waals surface area contributed by atoms with Gasteiger partial charge in [-0.25, -0.2) is 0 Å². The van der Waals surface area contributed by atoms with Gasteiger partial charge in [-0.05, 0) is 50.1 Å². The highest BCUT2D eigenvalue weighted by atomic mass is 16.5. The Labute approximate surface area is 169 Å². The van der Waals surface area contributed by atoms with Crippen molar-refractivity contribution in [2.24, 2.45) is 0 Å². The summed E-state index contributed by atoms with van der Waals surface area (Å²) < 4.78 is 11.2. The molecule has 1 atom stereocenters. The smallest absolute Gasteiger partial charge is 0.255 e. The molecule has 0 spiro atoms. The van der Waals surface area contributed by atoms with Crippen LogP contribution in [0.4, 0.5) is 0 Å². The van der Waals surface area contributed by atoms with Gasteiger partial charge in [0, 0.05) is 31.4 Å². The second-order valence-corrected chi connectivity index (χ2v) is 7.39. The third kappa shape index (κ3) is 4.62. The van der Waals surface area contributed by atoms with Gasteiger partial charge in [0.25, 0.3) is 5.91 Å². The highest BCUT2D eigenvalue weighted by Gasteiger charge is 2.31. The van der Waals surface area contributed by atoms with Gasteiger partial charge in [0.05, 0.1) is 18.1 Å². The summed E-state index contributed by atoms with van der Waals surface area (Å²) in [5.74, 6) is 2.11.